The standard InChI is InChI=1S/C17H18N2S/c1-3-19-10-9-13(2)16(19)11-15-12-20-17(18-15)14-7-5-4-6-8-14/h4-10,12H,3,11H2,1-2H3. The number of hydrogen-bond donors (Lipinski definition) is 0. The molecule has 20 heavy (non-hydrogen) atoms. The van der Waals surface area contributed by atoms with E-state index < -0.39 is 0 Å². The third kappa shape index (κ3) is 2.54. The number of aryl methyl sites for hydroxylation is 2. The number of nitrogens with zero attached hydrogens (tertiary/aromatic N) is 2. The molecule has 1 aromatic carbocycles. The molecular weight excluding hydrogens is 264 g/mol. The summed E-state index contributed by atoms with van der Waals surface area (Å²) < 4.78 is 2.30. The Bertz CT molecular complexity index is 695. The number of rotatable bonds is 4. The Morgan fingerprint density at radius 3 is 2.70 bits per heavy atom. The zero-order chi connectivity index (χ0) is 13.9. The highest BCUT2D eigenvalue weighted by Crippen LogP contribution is 2.25. The average molecular weight is 282 g/mol. The van der Waals surface area contributed by atoms with E-state index in [4.69, 9.17) is 4.98 Å². The molecule has 2 nitrogen and oxygen atoms in total. The van der Waals surface area contributed by atoms with Gasteiger partial charge in [0, 0.05) is 35.8 Å². The van der Waals surface area contributed by atoms with Crippen LogP contribution in [0, 0.1) is 6.92 Å². The molecule has 0 aliphatic rings. The van der Waals surface area contributed by atoms with Crippen molar-refractivity contribution in [2.75, 3.05) is 0 Å². The Morgan fingerprint density at radius 2 is 1.95 bits per heavy atom. The summed E-state index contributed by atoms with van der Waals surface area (Å²) in [5.74, 6) is 0. The number of aromatic nitrogens is 2. The minimum atomic E-state index is 0.913. The molecule has 0 radical (unpaired) electrons. The van der Waals surface area contributed by atoms with E-state index in [2.05, 4.69) is 60.3 Å². The smallest absolute Gasteiger partial charge is 0.123 e. The maximum absolute atomic E-state index is 4.78. The van der Waals surface area contributed by atoms with Gasteiger partial charge in [-0.05, 0) is 25.5 Å². The molecule has 0 amide bonds. The lowest BCUT2D eigenvalue weighted by Crippen LogP contribution is -2.02. The highest BCUT2D eigenvalue weighted by Gasteiger charge is 2.09. The van der Waals surface area contributed by atoms with Crippen LogP contribution < -0.4 is 0 Å². The summed E-state index contributed by atoms with van der Waals surface area (Å²) in [6.45, 7) is 5.37. The monoisotopic (exact) mass is 282 g/mol. The summed E-state index contributed by atoms with van der Waals surface area (Å²) >= 11 is 1.72. The minimum absolute atomic E-state index is 0.913. The molecule has 3 aromatic rings. The first-order valence-electron chi connectivity index (χ1n) is 6.92. The van der Waals surface area contributed by atoms with Crippen molar-refractivity contribution in [3.8, 4) is 10.6 Å². The van der Waals surface area contributed by atoms with Crippen molar-refractivity contribution < 1.29 is 0 Å². The Labute approximate surface area is 123 Å². The summed E-state index contributed by atoms with van der Waals surface area (Å²) in [4.78, 5) is 4.78. The topological polar surface area (TPSA) is 17.8 Å². The second-order valence-electron chi connectivity index (χ2n) is 4.92. The van der Waals surface area contributed by atoms with Crippen LogP contribution in [0.3, 0.4) is 0 Å². The normalized spacial score (nSPS) is 10.9. The summed E-state index contributed by atoms with van der Waals surface area (Å²) in [6.07, 6.45) is 3.07. The number of thiazole rings is 1. The predicted molar refractivity (Wildman–Crippen MR) is 85.2 cm³/mol. The summed E-state index contributed by atoms with van der Waals surface area (Å²) in [7, 11) is 0. The fraction of sp³-hybridized carbons (Fsp3) is 0.235. The van der Waals surface area contributed by atoms with Gasteiger partial charge in [-0.1, -0.05) is 30.3 Å². The van der Waals surface area contributed by atoms with Gasteiger partial charge in [0.15, 0.2) is 0 Å². The first kappa shape index (κ1) is 13.1. The Morgan fingerprint density at radius 1 is 1.15 bits per heavy atom. The molecule has 102 valence electrons. The van der Waals surface area contributed by atoms with Crippen LogP contribution >= 0.6 is 11.3 Å². The molecule has 0 saturated carbocycles. The lowest BCUT2D eigenvalue weighted by Gasteiger charge is -2.06. The van der Waals surface area contributed by atoms with Gasteiger partial charge in [0.1, 0.15) is 5.01 Å². The Kier molecular flexibility index (Phi) is 3.70. The van der Waals surface area contributed by atoms with Crippen LogP contribution in [0.4, 0.5) is 0 Å². The van der Waals surface area contributed by atoms with Gasteiger partial charge >= 0.3 is 0 Å². The highest BCUT2D eigenvalue weighted by atomic mass is 32.1. The molecule has 3 heteroatoms. The minimum Gasteiger partial charge on any atom is -0.351 e. The molecule has 0 fully saturated rings. The second kappa shape index (κ2) is 5.63. The van der Waals surface area contributed by atoms with Crippen molar-refractivity contribution in [1.29, 1.82) is 0 Å². The molecule has 0 aliphatic carbocycles. The third-order valence-corrected chi connectivity index (χ3v) is 4.51. The fourth-order valence-corrected chi connectivity index (χ4v) is 3.25. The molecule has 2 heterocycles. The van der Waals surface area contributed by atoms with Crippen molar-refractivity contribution in [2.24, 2.45) is 0 Å². The van der Waals surface area contributed by atoms with Crippen LogP contribution in [0.5, 0.6) is 0 Å². The SMILES string of the molecule is CCn1ccc(C)c1Cc1csc(-c2ccccc2)n1. The number of hydrogen-bond acceptors (Lipinski definition) is 2. The third-order valence-electron chi connectivity index (χ3n) is 3.57. The molecule has 2 aromatic heterocycles. The van der Waals surface area contributed by atoms with E-state index in [1.165, 1.54) is 16.8 Å². The first-order valence-corrected chi connectivity index (χ1v) is 7.80. The van der Waals surface area contributed by atoms with Gasteiger partial charge in [-0.2, -0.15) is 0 Å². The Hall–Kier alpha value is -1.87. The molecule has 3 rings (SSSR count). The van der Waals surface area contributed by atoms with Crippen molar-refractivity contribution in [3.63, 3.8) is 0 Å². The van der Waals surface area contributed by atoms with Gasteiger partial charge in [-0.25, -0.2) is 4.98 Å². The fourth-order valence-electron chi connectivity index (χ4n) is 2.42. The maximum atomic E-state index is 4.78. The molecule has 0 aliphatic heterocycles. The maximum Gasteiger partial charge on any atom is 0.123 e. The van der Waals surface area contributed by atoms with Gasteiger partial charge in [-0.15, -0.1) is 11.3 Å². The first-order chi connectivity index (χ1) is 9.78. The molecule has 0 spiro atoms. The van der Waals surface area contributed by atoms with Crippen LogP contribution in [-0.4, -0.2) is 9.55 Å². The van der Waals surface area contributed by atoms with E-state index in [1.807, 2.05) is 6.07 Å². The van der Waals surface area contributed by atoms with Crippen LogP contribution in [0.25, 0.3) is 10.6 Å². The predicted octanol–water partition coefficient (Wildman–Crippen LogP) is 4.53. The quantitative estimate of drug-likeness (QED) is 0.687. The van der Waals surface area contributed by atoms with Gasteiger partial charge in [0.25, 0.3) is 0 Å². The lowest BCUT2D eigenvalue weighted by molar-refractivity contribution is 0.722. The summed E-state index contributed by atoms with van der Waals surface area (Å²) in [5.41, 5.74) is 5.08. The van der Waals surface area contributed by atoms with Gasteiger partial charge in [-0.3, -0.25) is 0 Å². The number of benzene rings is 1. The van der Waals surface area contributed by atoms with Crippen LogP contribution in [0.2, 0.25) is 0 Å². The van der Waals surface area contributed by atoms with E-state index >= 15 is 0 Å². The largest absolute Gasteiger partial charge is 0.351 e. The van der Waals surface area contributed by atoms with Crippen LogP contribution in [-0.2, 0) is 13.0 Å². The van der Waals surface area contributed by atoms with Gasteiger partial charge in [0.05, 0.1) is 5.69 Å². The molecule has 0 atom stereocenters. The highest BCUT2D eigenvalue weighted by molar-refractivity contribution is 7.13. The van der Waals surface area contributed by atoms with E-state index in [-0.39, 0.29) is 0 Å². The van der Waals surface area contributed by atoms with E-state index in [1.54, 1.807) is 11.3 Å². The molecular formula is C17H18N2S. The average Bonchev–Trinajstić information content (AvgIpc) is 3.08. The van der Waals surface area contributed by atoms with Crippen LogP contribution in [0.1, 0.15) is 23.9 Å². The van der Waals surface area contributed by atoms with Crippen molar-refractivity contribution in [1.82, 2.24) is 9.55 Å². The van der Waals surface area contributed by atoms with Crippen molar-refractivity contribution in [3.05, 3.63) is 64.9 Å². The summed E-state index contributed by atoms with van der Waals surface area (Å²) in [5, 5.41) is 3.28. The second-order valence-corrected chi connectivity index (χ2v) is 5.78. The van der Waals surface area contributed by atoms with E-state index in [0.29, 0.717) is 0 Å². The Balaban J connectivity index is 1.86. The van der Waals surface area contributed by atoms with Crippen molar-refractivity contribution >= 4 is 11.3 Å². The lowest BCUT2D eigenvalue weighted by atomic mass is 10.2. The van der Waals surface area contributed by atoms with Crippen molar-refractivity contribution in [2.45, 2.75) is 26.8 Å². The zero-order valence-corrected chi connectivity index (χ0v) is 12.7. The molecule has 0 bridgehead atoms. The zero-order valence-electron chi connectivity index (χ0n) is 11.8. The van der Waals surface area contributed by atoms with E-state index in [9.17, 15) is 0 Å². The molecule has 0 N–H and O–H groups in total. The van der Waals surface area contributed by atoms with Crippen LogP contribution in [0.15, 0.2) is 48.0 Å². The summed E-state index contributed by atoms with van der Waals surface area (Å²) in [6, 6.07) is 12.6. The van der Waals surface area contributed by atoms with Gasteiger partial charge < -0.3 is 4.57 Å². The van der Waals surface area contributed by atoms with E-state index in [0.717, 1.165) is 23.7 Å². The van der Waals surface area contributed by atoms with Gasteiger partial charge in [0.2, 0.25) is 0 Å². The molecule has 0 saturated heterocycles. The molecule has 0 unspecified atom stereocenters.